The molecule has 1 unspecified atom stereocenters. The molecular weight excluding hydrogens is 465 g/mol. The summed E-state index contributed by atoms with van der Waals surface area (Å²) in [4.78, 5) is 2.19. The normalized spacial score (nSPS) is 24.0. The molecule has 184 valence electrons. The Labute approximate surface area is 205 Å². The molecule has 0 N–H and O–H groups in total. The van der Waals surface area contributed by atoms with Gasteiger partial charge in [-0.2, -0.15) is 4.31 Å². The molecule has 3 aliphatic rings. The minimum Gasteiger partial charge on any atom is -0.371 e. The number of hydrogen-bond acceptors (Lipinski definition) is 5. The minimum atomic E-state index is -3.58. The van der Waals surface area contributed by atoms with Crippen molar-refractivity contribution in [2.75, 3.05) is 24.5 Å². The second-order valence-corrected chi connectivity index (χ2v) is 12.4. The number of sulfonamides is 1. The van der Waals surface area contributed by atoms with Crippen molar-refractivity contribution >= 4 is 15.7 Å². The molecule has 2 saturated heterocycles. The van der Waals surface area contributed by atoms with E-state index >= 15 is 4.39 Å². The summed E-state index contributed by atoms with van der Waals surface area (Å²) in [5.74, 6) is -0.342. The molecule has 1 atom stereocenters. The predicted octanol–water partition coefficient (Wildman–Crippen LogP) is 4.32. The van der Waals surface area contributed by atoms with Gasteiger partial charge in [0.25, 0.3) is 0 Å². The first-order valence-electron chi connectivity index (χ1n) is 12.4. The van der Waals surface area contributed by atoms with Crippen molar-refractivity contribution in [3.8, 4) is 0 Å². The highest BCUT2D eigenvalue weighted by Crippen LogP contribution is 2.57. The van der Waals surface area contributed by atoms with E-state index in [0.717, 1.165) is 50.0 Å². The van der Waals surface area contributed by atoms with Crippen LogP contribution in [0.15, 0.2) is 61.2 Å². The van der Waals surface area contributed by atoms with E-state index in [9.17, 15) is 8.42 Å². The molecule has 7 nitrogen and oxygen atoms in total. The molecule has 3 heterocycles. The van der Waals surface area contributed by atoms with E-state index in [2.05, 4.69) is 15.1 Å². The van der Waals surface area contributed by atoms with Crippen molar-refractivity contribution < 1.29 is 12.8 Å². The molecule has 2 aliphatic heterocycles. The second-order valence-electron chi connectivity index (χ2n) is 10.3. The number of halogens is 1. The summed E-state index contributed by atoms with van der Waals surface area (Å²) in [6.07, 6.45) is 8.11. The quantitative estimate of drug-likeness (QED) is 0.527. The van der Waals surface area contributed by atoms with Crippen molar-refractivity contribution in [2.45, 2.75) is 49.9 Å². The minimum absolute atomic E-state index is 0.0390. The third kappa shape index (κ3) is 4.36. The lowest BCUT2D eigenvalue weighted by atomic mass is 9.95. The van der Waals surface area contributed by atoms with Crippen LogP contribution in [0.1, 0.15) is 54.5 Å². The van der Waals surface area contributed by atoms with Crippen molar-refractivity contribution in [3.63, 3.8) is 0 Å². The number of piperidine rings is 1. The largest absolute Gasteiger partial charge is 0.371 e. The van der Waals surface area contributed by atoms with Gasteiger partial charge in [0.15, 0.2) is 0 Å². The first kappa shape index (κ1) is 22.7. The number of benzene rings is 2. The van der Waals surface area contributed by atoms with E-state index in [4.69, 9.17) is 0 Å². The number of aromatic nitrogens is 3. The molecule has 1 aromatic heterocycles. The molecule has 1 spiro atoms. The van der Waals surface area contributed by atoms with E-state index in [1.54, 1.807) is 24.8 Å². The van der Waals surface area contributed by atoms with Crippen molar-refractivity contribution in [2.24, 2.45) is 5.41 Å². The fourth-order valence-corrected chi connectivity index (χ4v) is 7.92. The Morgan fingerprint density at radius 1 is 1.00 bits per heavy atom. The monoisotopic (exact) mass is 495 g/mol. The Morgan fingerprint density at radius 3 is 2.37 bits per heavy atom. The van der Waals surface area contributed by atoms with Crippen LogP contribution >= 0.6 is 0 Å². The van der Waals surface area contributed by atoms with Crippen LogP contribution in [0.25, 0.3) is 0 Å². The van der Waals surface area contributed by atoms with Crippen LogP contribution < -0.4 is 4.90 Å². The van der Waals surface area contributed by atoms with Gasteiger partial charge in [-0.15, -0.1) is 10.2 Å². The maximum atomic E-state index is 15.3. The van der Waals surface area contributed by atoms with Crippen LogP contribution in [-0.4, -0.2) is 47.1 Å². The maximum Gasteiger partial charge on any atom is 0.221 e. The van der Waals surface area contributed by atoms with Gasteiger partial charge in [0.2, 0.25) is 10.0 Å². The Bertz CT molecular complexity index is 1290. The first-order valence-corrected chi connectivity index (χ1v) is 13.9. The van der Waals surface area contributed by atoms with Crippen LogP contribution in [0, 0.1) is 11.2 Å². The lowest BCUT2D eigenvalue weighted by Gasteiger charge is -2.38. The third-order valence-corrected chi connectivity index (χ3v) is 10.2. The molecular formula is C26H30FN5O2S. The van der Waals surface area contributed by atoms with Crippen molar-refractivity contribution in [3.05, 3.63) is 78.1 Å². The Balaban J connectivity index is 1.18. The van der Waals surface area contributed by atoms with Gasteiger partial charge in [-0.1, -0.05) is 36.4 Å². The molecule has 1 aliphatic carbocycles. The highest BCUT2D eigenvalue weighted by atomic mass is 32.2. The zero-order valence-electron chi connectivity index (χ0n) is 19.6. The summed E-state index contributed by atoms with van der Waals surface area (Å²) < 4.78 is 46.0. The van der Waals surface area contributed by atoms with E-state index in [1.165, 1.54) is 4.31 Å². The topological polar surface area (TPSA) is 71.3 Å². The van der Waals surface area contributed by atoms with Gasteiger partial charge < -0.3 is 9.47 Å². The number of anilines is 1. The average Bonchev–Trinajstić information content (AvgIpc) is 3.39. The Hall–Kier alpha value is -2.78. The van der Waals surface area contributed by atoms with Gasteiger partial charge >= 0.3 is 0 Å². The lowest BCUT2D eigenvalue weighted by molar-refractivity contribution is 0.268. The van der Waals surface area contributed by atoms with Gasteiger partial charge in [-0.05, 0) is 55.2 Å². The highest BCUT2D eigenvalue weighted by molar-refractivity contribution is 7.89. The predicted molar refractivity (Wildman–Crippen MR) is 132 cm³/mol. The van der Waals surface area contributed by atoms with Gasteiger partial charge in [0.05, 0.1) is 0 Å². The molecule has 6 rings (SSSR count). The summed E-state index contributed by atoms with van der Waals surface area (Å²) in [5, 5.41) is 7.22. The summed E-state index contributed by atoms with van der Waals surface area (Å²) in [7, 11) is -3.58. The van der Waals surface area contributed by atoms with Crippen LogP contribution in [0.5, 0.6) is 0 Å². The molecule has 3 aromatic rings. The molecule has 0 radical (unpaired) electrons. The number of rotatable bonds is 5. The molecule has 9 heteroatoms. The van der Waals surface area contributed by atoms with Gasteiger partial charge in [0, 0.05) is 43.5 Å². The van der Waals surface area contributed by atoms with Gasteiger partial charge in [-0.3, -0.25) is 0 Å². The fraction of sp³-hybridized carbons (Fsp3) is 0.462. The zero-order valence-corrected chi connectivity index (χ0v) is 20.4. The fourth-order valence-electron chi connectivity index (χ4n) is 5.72. The van der Waals surface area contributed by atoms with Gasteiger partial charge in [-0.25, -0.2) is 12.8 Å². The molecule has 3 fully saturated rings. The number of nitrogens with zero attached hydrogens (tertiary/aromatic N) is 5. The van der Waals surface area contributed by atoms with E-state index in [-0.39, 0.29) is 17.8 Å². The van der Waals surface area contributed by atoms with Crippen molar-refractivity contribution in [1.29, 1.82) is 0 Å². The SMILES string of the molecule is O=S1(=O)C(c2ccccc2)CC2(CC2)CN1Cc1ccc(N2CCC(n3cnnc3)CC2)cc1F. The molecule has 1 saturated carbocycles. The van der Waals surface area contributed by atoms with Crippen LogP contribution in [0.2, 0.25) is 0 Å². The molecule has 35 heavy (non-hydrogen) atoms. The Kier molecular flexibility index (Phi) is 5.64. The van der Waals surface area contributed by atoms with E-state index in [0.29, 0.717) is 24.6 Å². The smallest absolute Gasteiger partial charge is 0.221 e. The Morgan fingerprint density at radius 2 is 1.71 bits per heavy atom. The summed E-state index contributed by atoms with van der Waals surface area (Å²) in [5.41, 5.74) is 2.14. The van der Waals surface area contributed by atoms with E-state index in [1.807, 2.05) is 41.0 Å². The summed E-state index contributed by atoms with van der Waals surface area (Å²) in [6.45, 7) is 2.21. The lowest BCUT2D eigenvalue weighted by Crippen LogP contribution is -2.44. The molecule has 2 aromatic carbocycles. The van der Waals surface area contributed by atoms with Crippen LogP contribution in [-0.2, 0) is 16.6 Å². The molecule has 0 bridgehead atoms. The standard InChI is InChI=1S/C26H30FN5O2S/c27-24-14-23(30-12-8-22(9-13-30)31-18-28-29-19-31)7-6-21(24)16-32-17-26(10-11-26)15-25(35(32,33)34)20-4-2-1-3-5-20/h1-7,14,18-19,22,25H,8-13,15-17H2. The summed E-state index contributed by atoms with van der Waals surface area (Å²) >= 11 is 0. The summed E-state index contributed by atoms with van der Waals surface area (Å²) in [6, 6.07) is 15.1. The third-order valence-electron chi connectivity index (χ3n) is 8.05. The van der Waals surface area contributed by atoms with E-state index < -0.39 is 15.3 Å². The maximum absolute atomic E-state index is 15.3. The molecule has 0 amide bonds. The van der Waals surface area contributed by atoms with Gasteiger partial charge in [0.1, 0.15) is 23.7 Å². The average molecular weight is 496 g/mol. The number of hydrogen-bond donors (Lipinski definition) is 0. The van der Waals surface area contributed by atoms with Crippen LogP contribution in [0.4, 0.5) is 10.1 Å². The zero-order chi connectivity index (χ0) is 24.0. The highest BCUT2D eigenvalue weighted by Gasteiger charge is 2.54. The van der Waals surface area contributed by atoms with Crippen molar-refractivity contribution in [1.82, 2.24) is 19.1 Å². The second kappa shape index (κ2) is 8.71. The first-order chi connectivity index (χ1) is 16.9. The van der Waals surface area contributed by atoms with Crippen LogP contribution in [0.3, 0.4) is 0 Å².